The van der Waals surface area contributed by atoms with E-state index >= 15 is 0 Å². The molecule has 0 spiro atoms. The van der Waals surface area contributed by atoms with Gasteiger partial charge in [-0.25, -0.2) is 14.3 Å². The lowest BCUT2D eigenvalue weighted by Crippen LogP contribution is -2.55. The monoisotopic (exact) mass is 487 g/mol. The smallest absolute Gasteiger partial charge is 0.362 e. The van der Waals surface area contributed by atoms with Crippen LogP contribution in [0.4, 0.5) is 0 Å². The van der Waals surface area contributed by atoms with Gasteiger partial charge in [0.2, 0.25) is 0 Å². The van der Waals surface area contributed by atoms with E-state index in [2.05, 4.69) is 4.58 Å². The lowest BCUT2D eigenvalue weighted by molar-refractivity contribution is -0.572. The second kappa shape index (κ2) is 11.1. The third kappa shape index (κ3) is 4.54. The highest BCUT2D eigenvalue weighted by molar-refractivity contribution is 6.01. The summed E-state index contributed by atoms with van der Waals surface area (Å²) in [6.45, 7) is 5.84. The van der Waals surface area contributed by atoms with Crippen LogP contribution >= 0.6 is 0 Å². The van der Waals surface area contributed by atoms with Crippen molar-refractivity contribution >= 4 is 11.8 Å². The van der Waals surface area contributed by atoms with Gasteiger partial charge >= 0.3 is 5.97 Å². The standard InChI is InChI=1S/C30H34N2O4/c1-22-10-14-24(15-11-22)27-30(29(33)34,26-16-12-23(2)13-17-26)32(19-21-36-4)28(31(27)18-20-35-3)25-8-6-5-7-9-25/h5-17,27H,18-21H2,1-4H3/p+1. The van der Waals surface area contributed by atoms with E-state index in [4.69, 9.17) is 9.47 Å². The molecule has 1 N–H and O–H groups in total. The number of hydrogen-bond acceptors (Lipinski definition) is 4. The van der Waals surface area contributed by atoms with Crippen molar-refractivity contribution in [3.05, 3.63) is 107 Å². The first-order chi connectivity index (χ1) is 17.4. The molecule has 0 amide bonds. The van der Waals surface area contributed by atoms with Crippen LogP contribution in [0.15, 0.2) is 78.9 Å². The highest BCUT2D eigenvalue weighted by atomic mass is 16.5. The number of ether oxygens (including phenoxy) is 2. The maximum absolute atomic E-state index is 13.7. The fourth-order valence-electron chi connectivity index (χ4n) is 5.26. The first-order valence-electron chi connectivity index (χ1n) is 12.3. The molecule has 2 atom stereocenters. The Labute approximate surface area is 213 Å². The summed E-state index contributed by atoms with van der Waals surface area (Å²) in [4.78, 5) is 15.7. The molecule has 3 aromatic carbocycles. The molecule has 188 valence electrons. The molecule has 0 radical (unpaired) electrons. The molecule has 4 rings (SSSR count). The molecule has 0 saturated heterocycles. The molecular formula is C30H35N2O4+. The van der Waals surface area contributed by atoms with Crippen LogP contribution in [0.5, 0.6) is 0 Å². The first kappa shape index (κ1) is 25.6. The van der Waals surface area contributed by atoms with E-state index in [-0.39, 0.29) is 0 Å². The highest BCUT2D eigenvalue weighted by Crippen LogP contribution is 2.48. The molecule has 1 aliphatic rings. The number of carbonyl (C=O) groups is 1. The van der Waals surface area contributed by atoms with Gasteiger partial charge in [-0.3, -0.25) is 0 Å². The molecule has 6 heteroatoms. The lowest BCUT2D eigenvalue weighted by atomic mass is 9.78. The number of rotatable bonds is 10. The van der Waals surface area contributed by atoms with Gasteiger partial charge in [0.15, 0.2) is 6.04 Å². The van der Waals surface area contributed by atoms with E-state index in [0.29, 0.717) is 26.3 Å². The summed E-state index contributed by atoms with van der Waals surface area (Å²) in [5.74, 6) is -0.0420. The van der Waals surface area contributed by atoms with Gasteiger partial charge in [-0.2, -0.15) is 0 Å². The number of benzene rings is 3. The van der Waals surface area contributed by atoms with Gasteiger partial charge in [0, 0.05) is 25.3 Å². The number of nitrogens with zero attached hydrogens (tertiary/aromatic N) is 2. The van der Waals surface area contributed by atoms with Crippen molar-refractivity contribution in [3.8, 4) is 0 Å². The molecule has 0 aliphatic carbocycles. The molecule has 0 aromatic heterocycles. The molecule has 3 aromatic rings. The molecule has 36 heavy (non-hydrogen) atoms. The molecule has 0 saturated carbocycles. The van der Waals surface area contributed by atoms with E-state index in [1.165, 1.54) is 0 Å². The van der Waals surface area contributed by atoms with Crippen molar-refractivity contribution < 1.29 is 24.0 Å². The Morgan fingerprint density at radius 3 is 2.03 bits per heavy atom. The van der Waals surface area contributed by atoms with E-state index in [1.807, 2.05) is 97.6 Å². The predicted octanol–water partition coefficient (Wildman–Crippen LogP) is 4.39. The first-order valence-corrected chi connectivity index (χ1v) is 12.3. The fraction of sp³-hybridized carbons (Fsp3) is 0.333. The Morgan fingerprint density at radius 2 is 1.47 bits per heavy atom. The van der Waals surface area contributed by atoms with E-state index in [0.717, 1.165) is 33.7 Å². The van der Waals surface area contributed by atoms with Crippen LogP contribution < -0.4 is 0 Å². The molecular weight excluding hydrogens is 452 g/mol. The predicted molar refractivity (Wildman–Crippen MR) is 141 cm³/mol. The maximum Gasteiger partial charge on any atom is 0.362 e. The number of amidine groups is 1. The van der Waals surface area contributed by atoms with Gasteiger partial charge in [0.1, 0.15) is 13.1 Å². The molecule has 6 nitrogen and oxygen atoms in total. The number of hydrogen-bond donors (Lipinski definition) is 1. The molecule has 1 aliphatic heterocycles. The largest absolute Gasteiger partial charge is 0.477 e. The van der Waals surface area contributed by atoms with Crippen molar-refractivity contribution in [3.63, 3.8) is 0 Å². The van der Waals surface area contributed by atoms with Crippen LogP contribution in [0, 0.1) is 13.8 Å². The maximum atomic E-state index is 13.7. The van der Waals surface area contributed by atoms with Crippen LogP contribution in [0.3, 0.4) is 0 Å². The number of aryl methyl sites for hydroxylation is 2. The topological polar surface area (TPSA) is 62.0 Å². The number of carboxylic acids is 1. The Bertz CT molecular complexity index is 1210. The highest BCUT2D eigenvalue weighted by Gasteiger charge is 2.67. The van der Waals surface area contributed by atoms with Crippen LogP contribution in [-0.2, 0) is 19.8 Å². The molecule has 2 unspecified atom stereocenters. The fourth-order valence-corrected chi connectivity index (χ4v) is 5.26. The second-order valence-corrected chi connectivity index (χ2v) is 9.27. The third-order valence-corrected chi connectivity index (χ3v) is 6.96. The zero-order chi connectivity index (χ0) is 25.7. The minimum Gasteiger partial charge on any atom is -0.477 e. The summed E-state index contributed by atoms with van der Waals surface area (Å²) in [5.41, 5.74) is 3.44. The summed E-state index contributed by atoms with van der Waals surface area (Å²) >= 11 is 0. The zero-order valence-electron chi connectivity index (χ0n) is 21.5. The summed E-state index contributed by atoms with van der Waals surface area (Å²) < 4.78 is 13.2. The number of aliphatic carboxylic acids is 1. The summed E-state index contributed by atoms with van der Waals surface area (Å²) in [6.07, 6.45) is 0. The van der Waals surface area contributed by atoms with Crippen LogP contribution in [0.25, 0.3) is 0 Å². The van der Waals surface area contributed by atoms with Crippen LogP contribution in [0.2, 0.25) is 0 Å². The average Bonchev–Trinajstić information content (AvgIpc) is 3.18. The van der Waals surface area contributed by atoms with Gasteiger partial charge in [-0.1, -0.05) is 77.9 Å². The van der Waals surface area contributed by atoms with Crippen molar-refractivity contribution in [1.29, 1.82) is 0 Å². The minimum atomic E-state index is -1.39. The minimum absolute atomic E-state index is 0.385. The normalized spacial score (nSPS) is 19.7. The van der Waals surface area contributed by atoms with Gasteiger partial charge in [0.05, 0.1) is 18.8 Å². The number of methoxy groups -OCH3 is 2. The van der Waals surface area contributed by atoms with Crippen molar-refractivity contribution in [2.24, 2.45) is 0 Å². The van der Waals surface area contributed by atoms with Crippen LogP contribution in [0.1, 0.15) is 33.9 Å². The van der Waals surface area contributed by atoms with Gasteiger partial charge < -0.3 is 14.6 Å². The van der Waals surface area contributed by atoms with Gasteiger partial charge in [0.25, 0.3) is 11.4 Å². The molecule has 0 bridgehead atoms. The molecule has 1 heterocycles. The Morgan fingerprint density at radius 1 is 0.889 bits per heavy atom. The summed E-state index contributed by atoms with van der Waals surface area (Å²) in [5, 5.41) is 11.2. The van der Waals surface area contributed by atoms with Gasteiger partial charge in [-0.15, -0.1) is 0 Å². The van der Waals surface area contributed by atoms with E-state index < -0.39 is 17.6 Å². The Hall–Kier alpha value is -3.48. The second-order valence-electron chi connectivity index (χ2n) is 9.27. The van der Waals surface area contributed by atoms with Crippen LogP contribution in [-0.4, -0.2) is 66.9 Å². The third-order valence-electron chi connectivity index (χ3n) is 6.96. The summed E-state index contributed by atoms with van der Waals surface area (Å²) in [6, 6.07) is 25.6. The summed E-state index contributed by atoms with van der Waals surface area (Å²) in [7, 11) is 3.32. The quantitative estimate of drug-likeness (QED) is 0.430. The Balaban J connectivity index is 2.10. The van der Waals surface area contributed by atoms with Crippen molar-refractivity contribution in [2.45, 2.75) is 25.4 Å². The van der Waals surface area contributed by atoms with Gasteiger partial charge in [-0.05, 0) is 26.0 Å². The van der Waals surface area contributed by atoms with Crippen molar-refractivity contribution in [2.75, 3.05) is 40.5 Å². The van der Waals surface area contributed by atoms with Crippen molar-refractivity contribution in [1.82, 2.24) is 4.90 Å². The molecule has 0 fully saturated rings. The van der Waals surface area contributed by atoms with E-state index in [1.54, 1.807) is 14.2 Å². The average molecular weight is 488 g/mol. The van der Waals surface area contributed by atoms with E-state index in [9.17, 15) is 9.90 Å². The number of carboxylic acid groups (broad SMARTS) is 1. The zero-order valence-corrected chi connectivity index (χ0v) is 21.5. The SMILES string of the molecule is COCCN1C(c2ccccc2)=[N+](CCOC)C(c2ccc(C)cc2)C1(C(=O)O)c1ccc(C)cc1. The Kier molecular flexibility index (Phi) is 7.87. The lowest BCUT2D eigenvalue weighted by Gasteiger charge is -2.35.